The lowest BCUT2D eigenvalue weighted by Gasteiger charge is -1.99. The Morgan fingerprint density at radius 1 is 1.25 bits per heavy atom. The van der Waals surface area contributed by atoms with Crippen molar-refractivity contribution in [2.45, 2.75) is 6.92 Å². The van der Waals surface area contributed by atoms with Crippen LogP contribution in [0.3, 0.4) is 0 Å². The molecule has 0 saturated heterocycles. The Morgan fingerprint density at radius 3 is 2.75 bits per heavy atom. The van der Waals surface area contributed by atoms with Gasteiger partial charge in [-0.3, -0.25) is 10.1 Å². The number of hydrogen-bond acceptors (Lipinski definition) is 5. The summed E-state index contributed by atoms with van der Waals surface area (Å²) in [4.78, 5) is 26.6. The molecule has 120 valence electrons. The zero-order valence-corrected chi connectivity index (χ0v) is 13.3. The molecule has 0 N–H and O–H groups in total. The van der Waals surface area contributed by atoms with E-state index in [0.717, 1.165) is 0 Å². The molecule has 1 aliphatic heterocycles. The van der Waals surface area contributed by atoms with E-state index in [1.165, 1.54) is 12.1 Å². The molecule has 0 spiro atoms. The highest BCUT2D eigenvalue weighted by molar-refractivity contribution is 6.31. The predicted molar refractivity (Wildman–Crippen MR) is 89.9 cm³/mol. The highest BCUT2D eigenvalue weighted by Crippen LogP contribution is 2.24. The number of carbonyl (C=O) groups excluding carboxylic acids is 1. The normalized spacial score (nSPS) is 15.3. The Kier molecular flexibility index (Phi) is 4.14. The summed E-state index contributed by atoms with van der Waals surface area (Å²) < 4.78 is 5.14. The lowest BCUT2D eigenvalue weighted by Crippen LogP contribution is -2.05. The molecule has 0 fully saturated rings. The summed E-state index contributed by atoms with van der Waals surface area (Å²) in [5.74, 6) is -0.469. The van der Waals surface area contributed by atoms with Gasteiger partial charge in [0.05, 0.1) is 4.92 Å². The Bertz CT molecular complexity index is 919. The van der Waals surface area contributed by atoms with Crippen LogP contribution < -0.4 is 0 Å². The Morgan fingerprint density at radius 2 is 2.04 bits per heavy atom. The number of cyclic esters (lactones) is 1. The van der Waals surface area contributed by atoms with Crippen LogP contribution in [-0.4, -0.2) is 16.8 Å². The Hall–Kier alpha value is -2.99. The number of hydrogen-bond donors (Lipinski definition) is 0. The SMILES string of the molecule is Cc1ccc(/C=C2\N=C(c3cccc(Cl)c3)OC2=O)cc1[N+](=O)[O-]. The van der Waals surface area contributed by atoms with Crippen LogP contribution in [0.4, 0.5) is 5.69 Å². The molecule has 24 heavy (non-hydrogen) atoms. The summed E-state index contributed by atoms with van der Waals surface area (Å²) >= 11 is 5.91. The molecule has 0 radical (unpaired) electrons. The highest BCUT2D eigenvalue weighted by atomic mass is 35.5. The van der Waals surface area contributed by atoms with Crippen molar-refractivity contribution in [2.75, 3.05) is 0 Å². The number of halogens is 1. The fourth-order valence-electron chi connectivity index (χ4n) is 2.22. The largest absolute Gasteiger partial charge is 0.402 e. The standard InChI is InChI=1S/C17H11ClN2O4/c1-10-5-6-11(8-15(10)20(22)23)7-14-17(21)24-16(19-14)12-3-2-4-13(18)9-12/h2-9H,1H3/b14-7-. The number of esters is 1. The van der Waals surface area contributed by atoms with E-state index in [-0.39, 0.29) is 17.3 Å². The van der Waals surface area contributed by atoms with Gasteiger partial charge in [-0.05, 0) is 36.8 Å². The van der Waals surface area contributed by atoms with E-state index < -0.39 is 10.9 Å². The minimum absolute atomic E-state index is 0.0187. The number of benzene rings is 2. The molecule has 3 rings (SSSR count). The maximum atomic E-state index is 12.0. The van der Waals surface area contributed by atoms with Gasteiger partial charge in [-0.1, -0.05) is 29.8 Å². The molecular formula is C17H11ClN2O4. The number of rotatable bonds is 3. The highest BCUT2D eigenvalue weighted by Gasteiger charge is 2.24. The number of carbonyl (C=O) groups is 1. The third-order valence-corrected chi connectivity index (χ3v) is 3.66. The van der Waals surface area contributed by atoms with Gasteiger partial charge in [0.15, 0.2) is 5.70 Å². The van der Waals surface area contributed by atoms with Crippen molar-refractivity contribution in [2.24, 2.45) is 4.99 Å². The summed E-state index contributed by atoms with van der Waals surface area (Å²) in [5.41, 5.74) is 1.67. The van der Waals surface area contributed by atoms with E-state index in [0.29, 0.717) is 21.7 Å². The van der Waals surface area contributed by atoms with Crippen LogP contribution in [0.2, 0.25) is 5.02 Å². The van der Waals surface area contributed by atoms with E-state index in [1.54, 1.807) is 43.3 Å². The smallest absolute Gasteiger partial charge is 0.363 e. The first-order valence-corrected chi connectivity index (χ1v) is 7.35. The van der Waals surface area contributed by atoms with Crippen LogP contribution in [0.25, 0.3) is 6.08 Å². The van der Waals surface area contributed by atoms with Crippen molar-refractivity contribution in [1.82, 2.24) is 0 Å². The van der Waals surface area contributed by atoms with Gasteiger partial charge < -0.3 is 4.74 Å². The summed E-state index contributed by atoms with van der Waals surface area (Å²) in [5, 5.41) is 11.5. The fraction of sp³-hybridized carbons (Fsp3) is 0.0588. The average molecular weight is 343 g/mol. The summed E-state index contributed by atoms with van der Waals surface area (Å²) in [6.07, 6.45) is 1.45. The predicted octanol–water partition coefficient (Wildman–Crippen LogP) is 3.90. The second-order valence-corrected chi connectivity index (χ2v) is 5.59. The molecule has 2 aromatic rings. The molecule has 0 bridgehead atoms. The first-order chi connectivity index (χ1) is 11.4. The number of nitrogens with zero attached hydrogens (tertiary/aromatic N) is 2. The van der Waals surface area contributed by atoms with Gasteiger partial charge in [-0.2, -0.15) is 0 Å². The number of nitro benzene ring substituents is 1. The van der Waals surface area contributed by atoms with Crippen LogP contribution in [0.5, 0.6) is 0 Å². The van der Waals surface area contributed by atoms with E-state index in [9.17, 15) is 14.9 Å². The topological polar surface area (TPSA) is 81.8 Å². The van der Waals surface area contributed by atoms with Gasteiger partial charge in [0, 0.05) is 22.2 Å². The Balaban J connectivity index is 1.97. The first kappa shape index (κ1) is 15.9. The third kappa shape index (κ3) is 3.18. The number of aryl methyl sites for hydroxylation is 1. The first-order valence-electron chi connectivity index (χ1n) is 6.97. The number of nitro groups is 1. The molecule has 0 amide bonds. The zero-order chi connectivity index (χ0) is 17.3. The van der Waals surface area contributed by atoms with Gasteiger partial charge in [-0.25, -0.2) is 9.79 Å². The van der Waals surface area contributed by atoms with Crippen molar-refractivity contribution < 1.29 is 14.5 Å². The van der Waals surface area contributed by atoms with E-state index in [1.807, 2.05) is 0 Å². The van der Waals surface area contributed by atoms with Crippen molar-refractivity contribution >= 4 is 35.2 Å². The monoisotopic (exact) mass is 342 g/mol. The van der Waals surface area contributed by atoms with E-state index in [4.69, 9.17) is 16.3 Å². The molecule has 0 aromatic heterocycles. The van der Waals surface area contributed by atoms with Crippen LogP contribution in [0.15, 0.2) is 53.2 Å². The quantitative estimate of drug-likeness (QED) is 0.366. The van der Waals surface area contributed by atoms with E-state index in [2.05, 4.69) is 4.99 Å². The molecule has 2 aromatic carbocycles. The molecule has 0 unspecified atom stereocenters. The number of ether oxygens (including phenoxy) is 1. The van der Waals surface area contributed by atoms with Gasteiger partial charge in [0.25, 0.3) is 5.69 Å². The van der Waals surface area contributed by atoms with Crippen LogP contribution >= 0.6 is 11.6 Å². The molecule has 0 atom stereocenters. The van der Waals surface area contributed by atoms with Crippen LogP contribution in [0.1, 0.15) is 16.7 Å². The van der Waals surface area contributed by atoms with Crippen LogP contribution in [0, 0.1) is 17.0 Å². The summed E-state index contributed by atoms with van der Waals surface area (Å²) in [6.45, 7) is 1.65. The third-order valence-electron chi connectivity index (χ3n) is 3.43. The lowest BCUT2D eigenvalue weighted by atomic mass is 10.1. The number of aliphatic imine (C=N–C) groups is 1. The second-order valence-electron chi connectivity index (χ2n) is 5.15. The minimum Gasteiger partial charge on any atom is -0.402 e. The molecule has 6 nitrogen and oxygen atoms in total. The molecular weight excluding hydrogens is 332 g/mol. The summed E-state index contributed by atoms with van der Waals surface area (Å²) in [7, 11) is 0. The zero-order valence-electron chi connectivity index (χ0n) is 12.5. The maximum Gasteiger partial charge on any atom is 0.363 e. The van der Waals surface area contributed by atoms with Crippen molar-refractivity contribution in [3.05, 3.63) is 80.0 Å². The minimum atomic E-state index is -0.617. The molecule has 0 saturated carbocycles. The van der Waals surface area contributed by atoms with Crippen molar-refractivity contribution in [3.63, 3.8) is 0 Å². The fourth-order valence-corrected chi connectivity index (χ4v) is 2.42. The van der Waals surface area contributed by atoms with Crippen molar-refractivity contribution in [3.8, 4) is 0 Å². The molecule has 1 aliphatic rings. The molecule has 1 heterocycles. The van der Waals surface area contributed by atoms with Crippen molar-refractivity contribution in [1.29, 1.82) is 0 Å². The van der Waals surface area contributed by atoms with Gasteiger partial charge in [0.1, 0.15) is 0 Å². The van der Waals surface area contributed by atoms with E-state index >= 15 is 0 Å². The van der Waals surface area contributed by atoms with Gasteiger partial charge in [0.2, 0.25) is 5.90 Å². The van der Waals surface area contributed by atoms with Gasteiger partial charge in [-0.15, -0.1) is 0 Å². The Labute approximate surface area is 142 Å². The summed E-state index contributed by atoms with van der Waals surface area (Å²) in [6, 6.07) is 11.5. The lowest BCUT2D eigenvalue weighted by molar-refractivity contribution is -0.385. The van der Waals surface area contributed by atoms with Gasteiger partial charge >= 0.3 is 5.97 Å². The second kappa shape index (κ2) is 6.25. The molecule has 0 aliphatic carbocycles. The maximum absolute atomic E-state index is 12.0. The van der Waals surface area contributed by atoms with Crippen LogP contribution in [-0.2, 0) is 9.53 Å². The molecule has 7 heteroatoms. The average Bonchev–Trinajstić information content (AvgIpc) is 2.90.